The number of hydrogen-bond donors (Lipinski definition) is 1. The molecule has 0 saturated carbocycles. The fraction of sp³-hybridized carbons (Fsp3) is 0.250. The summed E-state index contributed by atoms with van der Waals surface area (Å²) in [4.78, 5) is 27.7. The summed E-state index contributed by atoms with van der Waals surface area (Å²) in [7, 11) is 0. The van der Waals surface area contributed by atoms with E-state index in [-0.39, 0.29) is 17.2 Å². The maximum atomic E-state index is 13.7. The molecule has 4 rings (SSSR count). The first kappa shape index (κ1) is 18.7. The highest BCUT2D eigenvalue weighted by atomic mass is 19.1. The number of likely N-dealkylation sites (tertiary alicyclic amines) is 1. The highest BCUT2D eigenvalue weighted by Crippen LogP contribution is 2.22. The Morgan fingerprint density at radius 3 is 2.55 bits per heavy atom. The Labute approximate surface area is 166 Å². The van der Waals surface area contributed by atoms with Crippen molar-refractivity contribution in [1.29, 1.82) is 0 Å². The van der Waals surface area contributed by atoms with Gasteiger partial charge in [-0.2, -0.15) is 4.68 Å². The summed E-state index contributed by atoms with van der Waals surface area (Å²) in [6.45, 7) is 1.42. The van der Waals surface area contributed by atoms with E-state index in [1.165, 1.54) is 29.2 Å². The molecular weight excluding hydrogens is 375 g/mol. The fourth-order valence-electron chi connectivity index (χ4n) is 3.39. The molecule has 2 aromatic carbocycles. The number of piperidine rings is 1. The van der Waals surface area contributed by atoms with Crippen molar-refractivity contribution in [3.63, 3.8) is 0 Å². The second-order valence-corrected chi connectivity index (χ2v) is 6.77. The summed E-state index contributed by atoms with van der Waals surface area (Å²) in [5.74, 6) is -1.12. The van der Waals surface area contributed by atoms with Gasteiger partial charge in [-0.25, -0.2) is 4.39 Å². The molecule has 1 saturated heterocycles. The normalized spacial score (nSPS) is 13.9. The monoisotopic (exact) mass is 394 g/mol. The van der Waals surface area contributed by atoms with Crippen molar-refractivity contribution in [3.05, 3.63) is 65.7 Å². The average Bonchev–Trinajstić information content (AvgIpc) is 3.29. The molecule has 1 N–H and O–H groups in total. The average molecular weight is 394 g/mol. The lowest BCUT2D eigenvalue weighted by molar-refractivity contribution is 0.0725. The van der Waals surface area contributed by atoms with Crippen LogP contribution in [-0.4, -0.2) is 50.0 Å². The van der Waals surface area contributed by atoms with Gasteiger partial charge in [-0.3, -0.25) is 9.59 Å². The second-order valence-electron chi connectivity index (χ2n) is 6.77. The molecule has 29 heavy (non-hydrogen) atoms. The van der Waals surface area contributed by atoms with Gasteiger partial charge in [0.25, 0.3) is 11.8 Å². The van der Waals surface area contributed by atoms with Gasteiger partial charge >= 0.3 is 0 Å². The van der Waals surface area contributed by atoms with E-state index in [1.807, 2.05) is 0 Å². The van der Waals surface area contributed by atoms with Gasteiger partial charge in [-0.1, -0.05) is 12.1 Å². The van der Waals surface area contributed by atoms with Crippen molar-refractivity contribution in [2.45, 2.75) is 19.3 Å². The van der Waals surface area contributed by atoms with E-state index in [2.05, 4.69) is 20.8 Å². The second kappa shape index (κ2) is 8.17. The number of anilines is 1. The standard InChI is InChI=1S/C20H19FN6O2/c21-14-8-9-16(18(12-14)27-13-22-24-25-27)19(28)23-17-7-3-2-6-15(17)20(29)26-10-4-1-5-11-26/h2-3,6-9,12-13H,1,4-5,10-11H2,(H,23,28). The quantitative estimate of drug-likeness (QED) is 0.734. The lowest BCUT2D eigenvalue weighted by Crippen LogP contribution is -2.36. The minimum Gasteiger partial charge on any atom is -0.339 e. The molecule has 1 aliphatic heterocycles. The van der Waals surface area contributed by atoms with Crippen LogP contribution in [0.4, 0.5) is 10.1 Å². The predicted molar refractivity (Wildman–Crippen MR) is 103 cm³/mol. The molecule has 1 aromatic heterocycles. The van der Waals surface area contributed by atoms with Crippen LogP contribution >= 0.6 is 0 Å². The van der Waals surface area contributed by atoms with Gasteiger partial charge in [0.2, 0.25) is 0 Å². The van der Waals surface area contributed by atoms with E-state index < -0.39 is 11.7 Å². The maximum absolute atomic E-state index is 13.7. The van der Waals surface area contributed by atoms with Crippen molar-refractivity contribution < 1.29 is 14.0 Å². The highest BCUT2D eigenvalue weighted by molar-refractivity contribution is 6.10. The van der Waals surface area contributed by atoms with Crippen LogP contribution in [0.3, 0.4) is 0 Å². The molecule has 0 unspecified atom stereocenters. The molecule has 2 heterocycles. The summed E-state index contributed by atoms with van der Waals surface area (Å²) in [5.41, 5.74) is 1.21. The number of aromatic nitrogens is 4. The van der Waals surface area contributed by atoms with Gasteiger partial charge in [0, 0.05) is 19.2 Å². The first-order valence-corrected chi connectivity index (χ1v) is 9.36. The summed E-state index contributed by atoms with van der Waals surface area (Å²) >= 11 is 0. The Balaban J connectivity index is 1.63. The van der Waals surface area contributed by atoms with Gasteiger partial charge in [0.05, 0.1) is 22.5 Å². The molecule has 0 spiro atoms. The van der Waals surface area contributed by atoms with E-state index >= 15 is 0 Å². The Kier molecular flexibility index (Phi) is 5.28. The summed E-state index contributed by atoms with van der Waals surface area (Å²) < 4.78 is 15.0. The topological polar surface area (TPSA) is 93.0 Å². The molecule has 0 radical (unpaired) electrons. The number of carbonyl (C=O) groups excluding carboxylic acids is 2. The SMILES string of the molecule is O=C(Nc1ccccc1C(=O)N1CCCCC1)c1ccc(F)cc1-n1cnnn1. The molecular formula is C20H19FN6O2. The van der Waals surface area contributed by atoms with Crippen LogP contribution in [0, 0.1) is 5.82 Å². The van der Waals surface area contributed by atoms with Crippen molar-refractivity contribution in [3.8, 4) is 5.69 Å². The van der Waals surface area contributed by atoms with Crippen LogP contribution in [0.2, 0.25) is 0 Å². The number of amides is 2. The molecule has 0 bridgehead atoms. The number of hydrogen-bond acceptors (Lipinski definition) is 5. The van der Waals surface area contributed by atoms with E-state index in [0.29, 0.717) is 24.3 Å². The van der Waals surface area contributed by atoms with Crippen molar-refractivity contribution in [2.24, 2.45) is 0 Å². The third-order valence-corrected chi connectivity index (χ3v) is 4.85. The zero-order chi connectivity index (χ0) is 20.2. The number of halogens is 1. The fourth-order valence-corrected chi connectivity index (χ4v) is 3.39. The summed E-state index contributed by atoms with van der Waals surface area (Å²) in [6.07, 6.45) is 4.35. The number of carbonyl (C=O) groups is 2. The Morgan fingerprint density at radius 1 is 1.00 bits per heavy atom. The van der Waals surface area contributed by atoms with E-state index in [9.17, 15) is 14.0 Å². The van der Waals surface area contributed by atoms with Crippen LogP contribution in [-0.2, 0) is 0 Å². The van der Waals surface area contributed by atoms with Gasteiger partial charge < -0.3 is 10.2 Å². The van der Waals surface area contributed by atoms with E-state index in [0.717, 1.165) is 19.3 Å². The number of nitrogens with zero attached hydrogens (tertiary/aromatic N) is 5. The van der Waals surface area contributed by atoms with E-state index in [4.69, 9.17) is 0 Å². The molecule has 1 fully saturated rings. The zero-order valence-corrected chi connectivity index (χ0v) is 15.6. The Bertz CT molecular complexity index is 1030. The molecule has 0 aliphatic carbocycles. The highest BCUT2D eigenvalue weighted by Gasteiger charge is 2.22. The van der Waals surface area contributed by atoms with Crippen LogP contribution in [0.25, 0.3) is 5.69 Å². The lowest BCUT2D eigenvalue weighted by atomic mass is 10.1. The smallest absolute Gasteiger partial charge is 0.257 e. The largest absolute Gasteiger partial charge is 0.339 e. The molecule has 1 aliphatic rings. The first-order valence-electron chi connectivity index (χ1n) is 9.36. The van der Waals surface area contributed by atoms with Crippen molar-refractivity contribution in [2.75, 3.05) is 18.4 Å². The molecule has 9 heteroatoms. The van der Waals surface area contributed by atoms with Crippen LogP contribution in [0.5, 0.6) is 0 Å². The van der Waals surface area contributed by atoms with Crippen LogP contribution in [0.15, 0.2) is 48.8 Å². The number of para-hydroxylation sites is 1. The molecule has 2 amide bonds. The lowest BCUT2D eigenvalue weighted by Gasteiger charge is -2.27. The number of benzene rings is 2. The van der Waals surface area contributed by atoms with Gasteiger partial charge in [0.1, 0.15) is 12.1 Å². The Morgan fingerprint density at radius 2 is 1.79 bits per heavy atom. The molecule has 0 atom stereocenters. The third kappa shape index (κ3) is 3.98. The predicted octanol–water partition coefficient (Wildman–Crippen LogP) is 2.68. The summed E-state index contributed by atoms with van der Waals surface area (Å²) in [5, 5.41) is 13.6. The maximum Gasteiger partial charge on any atom is 0.257 e. The van der Waals surface area contributed by atoms with Gasteiger partial charge in [0.15, 0.2) is 0 Å². The third-order valence-electron chi connectivity index (χ3n) is 4.85. The number of nitrogens with one attached hydrogen (secondary N) is 1. The van der Waals surface area contributed by atoms with Crippen LogP contribution < -0.4 is 5.32 Å². The first-order chi connectivity index (χ1) is 14.1. The molecule has 148 valence electrons. The Hall–Kier alpha value is -3.62. The van der Waals surface area contributed by atoms with Gasteiger partial charge in [-0.05, 0) is 54.0 Å². The number of tetrazole rings is 1. The molecule has 3 aromatic rings. The van der Waals surface area contributed by atoms with Crippen molar-refractivity contribution >= 4 is 17.5 Å². The van der Waals surface area contributed by atoms with Crippen molar-refractivity contribution in [1.82, 2.24) is 25.1 Å². The van der Waals surface area contributed by atoms with Crippen LogP contribution in [0.1, 0.15) is 40.0 Å². The minimum atomic E-state index is -0.521. The minimum absolute atomic E-state index is 0.111. The molecule has 8 nitrogen and oxygen atoms in total. The number of rotatable bonds is 4. The van der Waals surface area contributed by atoms with Gasteiger partial charge in [-0.15, -0.1) is 5.10 Å². The van der Waals surface area contributed by atoms with E-state index in [1.54, 1.807) is 29.2 Å². The summed E-state index contributed by atoms with van der Waals surface area (Å²) in [6, 6.07) is 10.6. The zero-order valence-electron chi connectivity index (χ0n) is 15.6.